The molecule has 0 bridgehead atoms. The van der Waals surface area contributed by atoms with Gasteiger partial charge in [0.15, 0.2) is 0 Å². The summed E-state index contributed by atoms with van der Waals surface area (Å²) in [5, 5.41) is 0. The fourth-order valence-electron chi connectivity index (χ4n) is 1.19. The number of nitrogens with zero attached hydrogens (tertiary/aromatic N) is 1. The van der Waals surface area contributed by atoms with E-state index in [-0.39, 0.29) is 6.07 Å². The fourth-order valence-corrected chi connectivity index (χ4v) is 1.19. The number of ether oxygens (including phenoxy) is 1. The van der Waals surface area contributed by atoms with E-state index in [0.717, 1.165) is 7.11 Å². The number of aromatic nitrogens is 1. The Labute approximate surface area is 96.4 Å². The molecule has 1 aromatic rings. The van der Waals surface area contributed by atoms with Crippen molar-refractivity contribution in [3.05, 3.63) is 28.8 Å². The molecule has 0 N–H and O–H groups in total. The molecule has 0 atom stereocenters. The average Bonchev–Trinajstić information content (AvgIpc) is 2.24. The zero-order chi connectivity index (χ0) is 14.1. The van der Waals surface area contributed by atoms with Crippen LogP contribution in [0, 0.1) is 5.95 Å². The summed E-state index contributed by atoms with van der Waals surface area (Å²) in [6.45, 7) is 0. The van der Waals surface area contributed by atoms with E-state index in [9.17, 15) is 31.1 Å². The molecule has 0 aliphatic carbocycles. The highest BCUT2D eigenvalue weighted by molar-refractivity contribution is 5.91. The lowest BCUT2D eigenvalue weighted by Crippen LogP contribution is -2.19. The smallest absolute Gasteiger partial charge is 0.421 e. The third kappa shape index (κ3) is 2.71. The molecule has 0 amide bonds. The van der Waals surface area contributed by atoms with Gasteiger partial charge in [0.2, 0.25) is 5.95 Å². The third-order valence-electron chi connectivity index (χ3n) is 1.91. The number of pyridine rings is 1. The molecule has 1 heterocycles. The van der Waals surface area contributed by atoms with Crippen LogP contribution < -0.4 is 0 Å². The highest BCUT2D eigenvalue weighted by atomic mass is 19.4. The summed E-state index contributed by atoms with van der Waals surface area (Å²) in [6.07, 6.45) is -8.56. The predicted octanol–water partition coefficient (Wildman–Crippen LogP) is 2.96. The van der Waals surface area contributed by atoms with Gasteiger partial charge < -0.3 is 4.74 Å². The molecule has 0 aliphatic rings. The summed E-state index contributed by atoms with van der Waals surface area (Å²) >= 11 is 0. The van der Waals surface area contributed by atoms with Crippen molar-refractivity contribution in [2.24, 2.45) is 0 Å². The first-order valence-electron chi connectivity index (χ1n) is 4.32. The molecule has 9 heteroatoms. The normalized spacial score (nSPS) is 11.8. The fraction of sp³-hybridized carbons (Fsp3) is 0.333. The SMILES string of the molecule is COC(=O)c1cc(C(F)F)nc(F)c1C(F)(F)F. The predicted molar refractivity (Wildman–Crippen MR) is 45.5 cm³/mol. The van der Waals surface area contributed by atoms with Crippen molar-refractivity contribution >= 4 is 5.97 Å². The lowest BCUT2D eigenvalue weighted by molar-refractivity contribution is -0.141. The van der Waals surface area contributed by atoms with Crippen LogP contribution in [0.3, 0.4) is 0 Å². The van der Waals surface area contributed by atoms with Crippen LogP contribution in [0.1, 0.15) is 28.0 Å². The highest BCUT2D eigenvalue weighted by Gasteiger charge is 2.40. The Morgan fingerprint density at radius 2 is 1.94 bits per heavy atom. The van der Waals surface area contributed by atoms with Crippen molar-refractivity contribution in [3.8, 4) is 0 Å². The van der Waals surface area contributed by atoms with Gasteiger partial charge in [-0.15, -0.1) is 0 Å². The Morgan fingerprint density at radius 1 is 1.39 bits per heavy atom. The molecule has 0 spiro atoms. The van der Waals surface area contributed by atoms with Crippen molar-refractivity contribution in [1.29, 1.82) is 0 Å². The number of carbonyl (C=O) groups excluding carboxylic acids is 1. The molecular formula is C9H5F6NO2. The van der Waals surface area contributed by atoms with E-state index in [2.05, 4.69) is 9.72 Å². The van der Waals surface area contributed by atoms with Crippen LogP contribution in [0.2, 0.25) is 0 Å². The molecule has 0 fully saturated rings. The van der Waals surface area contributed by atoms with E-state index in [1.54, 1.807) is 0 Å². The molecule has 1 rings (SSSR count). The third-order valence-corrected chi connectivity index (χ3v) is 1.91. The number of hydrogen-bond acceptors (Lipinski definition) is 3. The van der Waals surface area contributed by atoms with E-state index in [1.807, 2.05) is 0 Å². The first-order valence-corrected chi connectivity index (χ1v) is 4.32. The van der Waals surface area contributed by atoms with Gasteiger partial charge in [0.05, 0.1) is 12.7 Å². The summed E-state index contributed by atoms with van der Waals surface area (Å²) in [5.74, 6) is -3.77. The van der Waals surface area contributed by atoms with E-state index in [1.165, 1.54) is 0 Å². The van der Waals surface area contributed by atoms with Crippen LogP contribution in [-0.2, 0) is 10.9 Å². The molecule has 18 heavy (non-hydrogen) atoms. The second kappa shape index (κ2) is 4.83. The Hall–Kier alpha value is -1.80. The average molecular weight is 273 g/mol. The Kier molecular flexibility index (Phi) is 3.82. The van der Waals surface area contributed by atoms with Crippen LogP contribution >= 0.6 is 0 Å². The largest absolute Gasteiger partial charge is 0.465 e. The van der Waals surface area contributed by atoms with Gasteiger partial charge in [0.1, 0.15) is 11.3 Å². The molecule has 0 radical (unpaired) electrons. The molecule has 0 aromatic carbocycles. The first-order chi connectivity index (χ1) is 8.18. The molecule has 0 aliphatic heterocycles. The Balaban J connectivity index is 3.55. The molecule has 0 saturated heterocycles. The lowest BCUT2D eigenvalue weighted by atomic mass is 10.1. The second-order valence-corrected chi connectivity index (χ2v) is 3.05. The van der Waals surface area contributed by atoms with Gasteiger partial charge in [0.25, 0.3) is 6.43 Å². The van der Waals surface area contributed by atoms with Crippen molar-refractivity contribution in [1.82, 2.24) is 4.98 Å². The van der Waals surface area contributed by atoms with Gasteiger partial charge in [-0.25, -0.2) is 18.6 Å². The number of esters is 1. The van der Waals surface area contributed by atoms with Gasteiger partial charge in [-0.3, -0.25) is 0 Å². The van der Waals surface area contributed by atoms with Gasteiger partial charge in [-0.1, -0.05) is 0 Å². The molecule has 100 valence electrons. The van der Waals surface area contributed by atoms with Crippen LogP contribution in [0.5, 0.6) is 0 Å². The number of methoxy groups -OCH3 is 1. The lowest BCUT2D eigenvalue weighted by Gasteiger charge is -2.13. The molecule has 0 saturated carbocycles. The maximum atomic E-state index is 13.1. The Bertz CT molecular complexity index is 471. The zero-order valence-corrected chi connectivity index (χ0v) is 8.69. The monoisotopic (exact) mass is 273 g/mol. The minimum atomic E-state index is -5.25. The van der Waals surface area contributed by atoms with E-state index in [0.29, 0.717) is 0 Å². The molecular weight excluding hydrogens is 268 g/mol. The summed E-state index contributed by atoms with van der Waals surface area (Å²) < 4.78 is 79.0. The van der Waals surface area contributed by atoms with Crippen molar-refractivity contribution < 1.29 is 35.9 Å². The maximum Gasteiger partial charge on any atom is 0.421 e. The number of alkyl halides is 5. The molecule has 0 unspecified atom stereocenters. The van der Waals surface area contributed by atoms with Crippen LogP contribution in [0.4, 0.5) is 26.3 Å². The second-order valence-electron chi connectivity index (χ2n) is 3.05. The van der Waals surface area contributed by atoms with Crippen molar-refractivity contribution in [2.45, 2.75) is 12.6 Å². The molecule has 1 aromatic heterocycles. The van der Waals surface area contributed by atoms with Gasteiger partial charge in [0, 0.05) is 0 Å². The first kappa shape index (κ1) is 14.3. The zero-order valence-electron chi connectivity index (χ0n) is 8.69. The molecule has 3 nitrogen and oxygen atoms in total. The number of hydrogen-bond donors (Lipinski definition) is 0. The van der Waals surface area contributed by atoms with E-state index in [4.69, 9.17) is 0 Å². The number of halogens is 6. The summed E-state index contributed by atoms with van der Waals surface area (Å²) in [4.78, 5) is 13.5. The van der Waals surface area contributed by atoms with Crippen LogP contribution in [-0.4, -0.2) is 18.1 Å². The quantitative estimate of drug-likeness (QED) is 0.472. The standard InChI is InChI=1S/C9H5F6NO2/c1-18-8(17)3-2-4(6(10)11)16-7(12)5(3)9(13,14)15/h2,6H,1H3. The topological polar surface area (TPSA) is 39.2 Å². The summed E-state index contributed by atoms with van der Waals surface area (Å²) in [7, 11) is 0.739. The minimum Gasteiger partial charge on any atom is -0.465 e. The number of rotatable bonds is 2. The van der Waals surface area contributed by atoms with E-state index < -0.39 is 41.3 Å². The van der Waals surface area contributed by atoms with Crippen molar-refractivity contribution in [2.75, 3.05) is 7.11 Å². The number of carbonyl (C=O) groups is 1. The van der Waals surface area contributed by atoms with Gasteiger partial charge >= 0.3 is 12.1 Å². The van der Waals surface area contributed by atoms with Crippen molar-refractivity contribution in [3.63, 3.8) is 0 Å². The van der Waals surface area contributed by atoms with Gasteiger partial charge in [-0.2, -0.15) is 17.6 Å². The minimum absolute atomic E-state index is 0.155. The summed E-state index contributed by atoms with van der Waals surface area (Å²) in [5.41, 5.74) is -4.65. The Morgan fingerprint density at radius 3 is 2.33 bits per heavy atom. The van der Waals surface area contributed by atoms with E-state index >= 15 is 0 Å². The van der Waals surface area contributed by atoms with Crippen LogP contribution in [0.15, 0.2) is 6.07 Å². The van der Waals surface area contributed by atoms with Gasteiger partial charge in [-0.05, 0) is 6.07 Å². The van der Waals surface area contributed by atoms with Crippen LogP contribution in [0.25, 0.3) is 0 Å². The highest BCUT2D eigenvalue weighted by Crippen LogP contribution is 2.35. The maximum absolute atomic E-state index is 13.1. The summed E-state index contributed by atoms with van der Waals surface area (Å²) in [6, 6.07) is 0.155.